The molecule has 0 radical (unpaired) electrons. The molecule has 1 aromatic rings. The molecule has 15 heteroatoms. The molecule has 0 aromatic heterocycles. The number of hydrogen-bond donors (Lipinski definition) is 9. The first-order chi connectivity index (χ1) is 16.8. The van der Waals surface area contributed by atoms with Crippen molar-refractivity contribution in [3.63, 3.8) is 0 Å². The number of carboxylic acids is 2. The van der Waals surface area contributed by atoms with Crippen LogP contribution in [-0.2, 0) is 35.2 Å². The topological polar surface area (TPSA) is 271 Å². The Kier molecular flexibility index (Phi) is 11.8. The van der Waals surface area contributed by atoms with E-state index in [1.165, 1.54) is 24.3 Å². The highest BCUT2D eigenvalue weighted by molar-refractivity contribution is 5.95. The van der Waals surface area contributed by atoms with Gasteiger partial charge in [-0.2, -0.15) is 0 Å². The Bertz CT molecular complexity index is 968. The molecule has 4 amide bonds. The van der Waals surface area contributed by atoms with E-state index in [4.69, 9.17) is 16.6 Å². The molecule has 11 N–H and O–H groups in total. The molecule has 0 aliphatic rings. The summed E-state index contributed by atoms with van der Waals surface area (Å²) in [6.45, 7) is -0.929. The van der Waals surface area contributed by atoms with Gasteiger partial charge in [-0.15, -0.1) is 0 Å². The van der Waals surface area contributed by atoms with Gasteiger partial charge in [-0.1, -0.05) is 12.1 Å². The van der Waals surface area contributed by atoms with Gasteiger partial charge in [0.2, 0.25) is 23.6 Å². The lowest BCUT2D eigenvalue weighted by molar-refractivity contribution is -0.144. The third-order valence-corrected chi connectivity index (χ3v) is 4.85. The fourth-order valence-corrected chi connectivity index (χ4v) is 2.92. The van der Waals surface area contributed by atoms with Crippen molar-refractivity contribution in [1.82, 2.24) is 16.0 Å². The van der Waals surface area contributed by atoms with E-state index in [2.05, 4.69) is 5.32 Å². The maximum Gasteiger partial charge on any atom is 0.326 e. The van der Waals surface area contributed by atoms with Crippen molar-refractivity contribution in [3.8, 4) is 5.75 Å². The van der Waals surface area contributed by atoms with Crippen LogP contribution in [0.1, 0.15) is 24.8 Å². The number of phenolic OH excluding ortho intramolecular Hbond substituents is 1. The van der Waals surface area contributed by atoms with Gasteiger partial charge in [0.15, 0.2) is 0 Å². The molecule has 0 saturated carbocycles. The zero-order valence-electron chi connectivity index (χ0n) is 19.0. The predicted octanol–water partition coefficient (Wildman–Crippen LogP) is -3.47. The molecule has 0 aliphatic heterocycles. The van der Waals surface area contributed by atoms with Crippen LogP contribution in [0.3, 0.4) is 0 Å². The summed E-state index contributed by atoms with van der Waals surface area (Å²) in [5, 5.41) is 43.4. The highest BCUT2D eigenvalue weighted by Crippen LogP contribution is 2.11. The maximum absolute atomic E-state index is 12.6. The first-order valence-corrected chi connectivity index (χ1v) is 10.6. The number of carbonyl (C=O) groups excluding carboxylic acids is 4. The monoisotopic (exact) mass is 511 g/mol. The summed E-state index contributed by atoms with van der Waals surface area (Å²) < 4.78 is 0. The van der Waals surface area contributed by atoms with Gasteiger partial charge in [-0.25, -0.2) is 4.79 Å². The lowest BCUT2D eigenvalue weighted by Crippen LogP contribution is -2.58. The van der Waals surface area contributed by atoms with Crippen molar-refractivity contribution < 1.29 is 49.2 Å². The number of primary amides is 1. The quantitative estimate of drug-likeness (QED) is 0.112. The number of carboxylic acid groups (broad SMARTS) is 2. The van der Waals surface area contributed by atoms with E-state index in [9.17, 15) is 44.1 Å². The predicted molar refractivity (Wildman–Crippen MR) is 121 cm³/mol. The van der Waals surface area contributed by atoms with Crippen LogP contribution in [0.25, 0.3) is 0 Å². The van der Waals surface area contributed by atoms with Gasteiger partial charge in [-0.05, 0) is 30.5 Å². The van der Waals surface area contributed by atoms with Crippen molar-refractivity contribution in [3.05, 3.63) is 29.8 Å². The zero-order valence-corrected chi connectivity index (χ0v) is 19.0. The van der Waals surface area contributed by atoms with Gasteiger partial charge < -0.3 is 47.8 Å². The van der Waals surface area contributed by atoms with Crippen LogP contribution in [0.5, 0.6) is 5.75 Å². The number of nitrogens with one attached hydrogen (secondary N) is 3. The minimum Gasteiger partial charge on any atom is -0.508 e. The van der Waals surface area contributed by atoms with E-state index < -0.39 is 72.8 Å². The van der Waals surface area contributed by atoms with Crippen molar-refractivity contribution in [1.29, 1.82) is 0 Å². The molecule has 0 fully saturated rings. The van der Waals surface area contributed by atoms with Crippen molar-refractivity contribution in [2.24, 2.45) is 11.5 Å². The van der Waals surface area contributed by atoms with E-state index in [-0.39, 0.29) is 25.0 Å². The maximum atomic E-state index is 12.6. The third kappa shape index (κ3) is 10.4. The Hall–Kier alpha value is -4.24. The molecule has 0 heterocycles. The molecule has 4 unspecified atom stereocenters. The SMILES string of the molecule is NC(=O)CCC(NC(=O)C(CC(=O)O)NC(=O)C(CO)NC(=O)C(N)Cc1ccc(O)cc1)C(=O)O. The molecular weight excluding hydrogens is 482 g/mol. The first kappa shape index (κ1) is 29.8. The van der Waals surface area contributed by atoms with Gasteiger partial charge in [0, 0.05) is 6.42 Å². The Labute approximate surface area is 204 Å². The van der Waals surface area contributed by atoms with Crippen LogP contribution in [0.4, 0.5) is 0 Å². The number of hydrogen-bond acceptors (Lipinski definition) is 9. The summed E-state index contributed by atoms with van der Waals surface area (Å²) in [4.78, 5) is 70.8. The second kappa shape index (κ2) is 14.2. The van der Waals surface area contributed by atoms with Crippen LogP contribution in [0.2, 0.25) is 0 Å². The molecule has 4 atom stereocenters. The summed E-state index contributed by atoms with van der Waals surface area (Å²) in [7, 11) is 0. The van der Waals surface area contributed by atoms with Crippen LogP contribution >= 0.6 is 0 Å². The number of aliphatic hydroxyl groups is 1. The van der Waals surface area contributed by atoms with Crippen molar-refractivity contribution in [2.45, 2.75) is 49.9 Å². The molecule has 0 spiro atoms. The number of carbonyl (C=O) groups is 6. The van der Waals surface area contributed by atoms with Crippen LogP contribution in [0.15, 0.2) is 24.3 Å². The Morgan fingerprint density at radius 1 is 0.833 bits per heavy atom. The summed E-state index contributed by atoms with van der Waals surface area (Å²) in [6, 6.07) is -0.301. The lowest BCUT2D eigenvalue weighted by Gasteiger charge is -2.23. The number of aliphatic hydroxyl groups excluding tert-OH is 1. The molecule has 198 valence electrons. The molecular formula is C21H29N5O10. The second-order valence-corrected chi connectivity index (χ2v) is 7.78. The number of nitrogens with two attached hydrogens (primary N) is 2. The Morgan fingerprint density at radius 2 is 1.36 bits per heavy atom. The summed E-state index contributed by atoms with van der Waals surface area (Å²) in [6.07, 6.45) is -1.68. The van der Waals surface area contributed by atoms with E-state index in [0.29, 0.717) is 5.56 Å². The van der Waals surface area contributed by atoms with Gasteiger partial charge in [0.25, 0.3) is 0 Å². The van der Waals surface area contributed by atoms with Crippen LogP contribution < -0.4 is 27.4 Å². The standard InChI is InChI=1S/C21H29N5O10/c22-12(7-10-1-3-11(28)4-2-10)18(32)26-15(9-27)20(34)25-14(8-17(30)31)19(33)24-13(21(35)36)5-6-16(23)29/h1-4,12-15,27-28H,5-9,22H2,(H2,23,29)(H,24,33)(H,25,34)(H,26,32)(H,30,31)(H,35,36). The molecule has 0 aliphatic carbocycles. The van der Waals surface area contributed by atoms with Gasteiger partial charge in [0.1, 0.15) is 23.9 Å². The number of aromatic hydroxyl groups is 1. The van der Waals surface area contributed by atoms with Crippen LogP contribution in [-0.4, -0.2) is 86.8 Å². The second-order valence-electron chi connectivity index (χ2n) is 7.78. The number of phenols is 1. The largest absolute Gasteiger partial charge is 0.508 e. The highest BCUT2D eigenvalue weighted by Gasteiger charge is 2.31. The number of rotatable bonds is 15. The molecule has 15 nitrogen and oxygen atoms in total. The lowest BCUT2D eigenvalue weighted by atomic mass is 10.1. The number of benzene rings is 1. The minimum absolute atomic E-state index is 0.0104. The van der Waals surface area contributed by atoms with Crippen molar-refractivity contribution >= 4 is 35.6 Å². The highest BCUT2D eigenvalue weighted by atomic mass is 16.4. The molecule has 0 saturated heterocycles. The van der Waals surface area contributed by atoms with Crippen molar-refractivity contribution in [2.75, 3.05) is 6.61 Å². The smallest absolute Gasteiger partial charge is 0.326 e. The minimum atomic E-state index is -1.78. The third-order valence-electron chi connectivity index (χ3n) is 4.85. The van der Waals surface area contributed by atoms with Gasteiger partial charge in [-0.3, -0.25) is 24.0 Å². The zero-order chi connectivity index (χ0) is 27.4. The molecule has 1 rings (SSSR count). The van der Waals surface area contributed by atoms with Gasteiger partial charge in [0.05, 0.1) is 19.1 Å². The summed E-state index contributed by atoms with van der Waals surface area (Å²) in [5.74, 6) is -7.00. The van der Waals surface area contributed by atoms with Gasteiger partial charge >= 0.3 is 11.9 Å². The summed E-state index contributed by atoms with van der Waals surface area (Å²) >= 11 is 0. The average Bonchev–Trinajstić information content (AvgIpc) is 2.79. The first-order valence-electron chi connectivity index (χ1n) is 10.6. The van der Waals surface area contributed by atoms with E-state index >= 15 is 0 Å². The Balaban J connectivity index is 2.84. The number of amides is 4. The Morgan fingerprint density at radius 3 is 1.86 bits per heavy atom. The molecule has 36 heavy (non-hydrogen) atoms. The molecule has 0 bridgehead atoms. The van der Waals surface area contributed by atoms with E-state index in [1.807, 2.05) is 10.6 Å². The number of aliphatic carboxylic acids is 2. The van der Waals surface area contributed by atoms with E-state index in [1.54, 1.807) is 0 Å². The normalized spacial score (nSPS) is 13.9. The van der Waals surface area contributed by atoms with E-state index in [0.717, 1.165) is 0 Å². The summed E-state index contributed by atoms with van der Waals surface area (Å²) in [5.41, 5.74) is 11.4. The fraction of sp³-hybridized carbons (Fsp3) is 0.429. The van der Waals surface area contributed by atoms with Crippen LogP contribution in [0, 0.1) is 0 Å². The molecule has 1 aromatic carbocycles. The fourth-order valence-electron chi connectivity index (χ4n) is 2.92. The average molecular weight is 511 g/mol.